The van der Waals surface area contributed by atoms with Crippen molar-refractivity contribution >= 4 is 11.6 Å². The molecule has 0 spiro atoms. The molecule has 0 unspecified atom stereocenters. The molecule has 0 aromatic heterocycles. The summed E-state index contributed by atoms with van der Waals surface area (Å²) in [5, 5.41) is 2.80. The molecular weight excluding hydrogens is 214 g/mol. The normalized spacial score (nSPS) is 10.1. The predicted octanol–water partition coefficient (Wildman–Crippen LogP) is 1.11. The van der Waals surface area contributed by atoms with Gasteiger partial charge in [0.2, 0.25) is 5.91 Å². The minimum Gasteiger partial charge on any atom is -0.363 e. The Hall–Kier alpha value is -1.55. The summed E-state index contributed by atoms with van der Waals surface area (Å²) in [6.45, 7) is 6.37. The first-order valence-corrected chi connectivity index (χ1v) is 6.01. The van der Waals surface area contributed by atoms with E-state index in [9.17, 15) is 4.79 Å². The molecule has 0 saturated carbocycles. The van der Waals surface area contributed by atoms with Gasteiger partial charge in [-0.2, -0.15) is 0 Å². The van der Waals surface area contributed by atoms with E-state index in [0.29, 0.717) is 19.6 Å². The Bertz CT molecular complexity index is 348. The maximum absolute atomic E-state index is 11.5. The van der Waals surface area contributed by atoms with E-state index in [1.807, 2.05) is 43.0 Å². The zero-order chi connectivity index (χ0) is 12.7. The zero-order valence-electron chi connectivity index (χ0n) is 10.6. The third kappa shape index (κ3) is 4.07. The molecule has 94 valence electrons. The fourth-order valence-corrected chi connectivity index (χ4v) is 1.65. The van der Waals surface area contributed by atoms with Crippen LogP contribution in [0.4, 0.5) is 5.69 Å². The van der Waals surface area contributed by atoms with Gasteiger partial charge in [0.1, 0.15) is 0 Å². The lowest BCUT2D eigenvalue weighted by Gasteiger charge is -2.22. The van der Waals surface area contributed by atoms with Gasteiger partial charge in [0, 0.05) is 25.3 Å². The SMILES string of the molecule is CCNC(=O)CN(CC)c1ccc(CN)cc1. The summed E-state index contributed by atoms with van der Waals surface area (Å²) in [5.41, 5.74) is 7.70. The lowest BCUT2D eigenvalue weighted by Crippen LogP contribution is -2.37. The van der Waals surface area contributed by atoms with Gasteiger partial charge in [-0.15, -0.1) is 0 Å². The molecular formula is C13H21N3O. The van der Waals surface area contributed by atoms with Crippen molar-refractivity contribution in [2.45, 2.75) is 20.4 Å². The van der Waals surface area contributed by atoms with Crippen LogP contribution in [0, 0.1) is 0 Å². The Kier molecular flexibility index (Phi) is 5.49. The summed E-state index contributed by atoms with van der Waals surface area (Å²) >= 11 is 0. The Labute approximate surface area is 103 Å². The molecule has 0 saturated heterocycles. The molecule has 0 heterocycles. The van der Waals surface area contributed by atoms with Crippen LogP contribution >= 0.6 is 0 Å². The second-order valence-corrected chi connectivity index (χ2v) is 3.84. The maximum atomic E-state index is 11.5. The molecule has 0 bridgehead atoms. The third-order valence-electron chi connectivity index (χ3n) is 2.63. The topological polar surface area (TPSA) is 58.4 Å². The van der Waals surface area contributed by atoms with Crippen LogP contribution < -0.4 is 16.0 Å². The van der Waals surface area contributed by atoms with E-state index in [4.69, 9.17) is 5.73 Å². The van der Waals surface area contributed by atoms with E-state index in [2.05, 4.69) is 5.32 Å². The third-order valence-corrected chi connectivity index (χ3v) is 2.63. The minimum atomic E-state index is 0.0530. The van der Waals surface area contributed by atoms with E-state index in [0.717, 1.165) is 17.8 Å². The fraction of sp³-hybridized carbons (Fsp3) is 0.462. The van der Waals surface area contributed by atoms with E-state index >= 15 is 0 Å². The number of hydrogen-bond donors (Lipinski definition) is 2. The van der Waals surface area contributed by atoms with Gasteiger partial charge in [0.25, 0.3) is 0 Å². The molecule has 1 amide bonds. The molecule has 0 fully saturated rings. The van der Waals surface area contributed by atoms with Gasteiger partial charge >= 0.3 is 0 Å². The van der Waals surface area contributed by atoms with Crippen molar-refractivity contribution in [1.82, 2.24) is 5.32 Å². The van der Waals surface area contributed by atoms with E-state index in [-0.39, 0.29) is 5.91 Å². The highest BCUT2D eigenvalue weighted by Gasteiger charge is 2.08. The zero-order valence-corrected chi connectivity index (χ0v) is 10.6. The number of likely N-dealkylation sites (N-methyl/N-ethyl adjacent to an activating group) is 2. The number of carbonyl (C=O) groups is 1. The fourth-order valence-electron chi connectivity index (χ4n) is 1.65. The lowest BCUT2D eigenvalue weighted by atomic mass is 10.2. The Morgan fingerprint density at radius 1 is 1.29 bits per heavy atom. The van der Waals surface area contributed by atoms with Gasteiger partial charge in [-0.05, 0) is 31.5 Å². The summed E-state index contributed by atoms with van der Waals surface area (Å²) < 4.78 is 0. The molecule has 1 rings (SSSR count). The summed E-state index contributed by atoms with van der Waals surface area (Å²) in [7, 11) is 0. The van der Waals surface area contributed by atoms with Crippen LogP contribution in [0.1, 0.15) is 19.4 Å². The van der Waals surface area contributed by atoms with Crippen molar-refractivity contribution < 1.29 is 4.79 Å². The molecule has 1 aromatic rings. The van der Waals surface area contributed by atoms with Crippen LogP contribution in [0.5, 0.6) is 0 Å². The van der Waals surface area contributed by atoms with E-state index in [1.165, 1.54) is 0 Å². The van der Waals surface area contributed by atoms with Crippen molar-refractivity contribution in [2.24, 2.45) is 5.73 Å². The molecule has 0 aliphatic heterocycles. The number of amides is 1. The second-order valence-electron chi connectivity index (χ2n) is 3.84. The van der Waals surface area contributed by atoms with Crippen molar-refractivity contribution in [3.05, 3.63) is 29.8 Å². The van der Waals surface area contributed by atoms with Gasteiger partial charge in [0.15, 0.2) is 0 Å². The molecule has 0 atom stereocenters. The van der Waals surface area contributed by atoms with Crippen LogP contribution in [-0.4, -0.2) is 25.5 Å². The van der Waals surface area contributed by atoms with Crippen molar-refractivity contribution in [3.8, 4) is 0 Å². The van der Waals surface area contributed by atoms with Crippen LogP contribution in [0.15, 0.2) is 24.3 Å². The first-order chi connectivity index (χ1) is 8.21. The van der Waals surface area contributed by atoms with Gasteiger partial charge in [-0.3, -0.25) is 4.79 Å². The number of nitrogens with one attached hydrogen (secondary N) is 1. The molecule has 0 aliphatic rings. The molecule has 4 nitrogen and oxygen atoms in total. The monoisotopic (exact) mass is 235 g/mol. The smallest absolute Gasteiger partial charge is 0.239 e. The van der Waals surface area contributed by atoms with Crippen molar-refractivity contribution in [2.75, 3.05) is 24.5 Å². The number of nitrogens with two attached hydrogens (primary N) is 1. The van der Waals surface area contributed by atoms with Crippen LogP contribution in [0.25, 0.3) is 0 Å². The van der Waals surface area contributed by atoms with Crippen LogP contribution in [0.2, 0.25) is 0 Å². The number of rotatable bonds is 6. The molecule has 0 aliphatic carbocycles. The maximum Gasteiger partial charge on any atom is 0.239 e. The summed E-state index contributed by atoms with van der Waals surface area (Å²) in [4.78, 5) is 13.6. The van der Waals surface area contributed by atoms with Crippen molar-refractivity contribution in [1.29, 1.82) is 0 Å². The molecule has 1 aromatic carbocycles. The number of hydrogen-bond acceptors (Lipinski definition) is 3. The highest BCUT2D eigenvalue weighted by atomic mass is 16.2. The lowest BCUT2D eigenvalue weighted by molar-refractivity contribution is -0.119. The van der Waals surface area contributed by atoms with Gasteiger partial charge in [-0.1, -0.05) is 12.1 Å². The first-order valence-electron chi connectivity index (χ1n) is 6.01. The highest BCUT2D eigenvalue weighted by molar-refractivity contribution is 5.81. The van der Waals surface area contributed by atoms with Crippen LogP contribution in [0.3, 0.4) is 0 Å². The summed E-state index contributed by atoms with van der Waals surface area (Å²) in [6, 6.07) is 8.00. The summed E-state index contributed by atoms with van der Waals surface area (Å²) in [6.07, 6.45) is 0. The molecule has 17 heavy (non-hydrogen) atoms. The Morgan fingerprint density at radius 2 is 1.94 bits per heavy atom. The second kappa shape index (κ2) is 6.91. The van der Waals surface area contributed by atoms with E-state index < -0.39 is 0 Å². The Morgan fingerprint density at radius 3 is 2.41 bits per heavy atom. The van der Waals surface area contributed by atoms with Gasteiger partial charge < -0.3 is 16.0 Å². The quantitative estimate of drug-likeness (QED) is 0.776. The standard InChI is InChI=1S/C13H21N3O/c1-3-15-13(17)10-16(4-2)12-7-5-11(9-14)6-8-12/h5-8H,3-4,9-10,14H2,1-2H3,(H,15,17). The number of nitrogens with zero attached hydrogens (tertiary/aromatic N) is 1. The number of benzene rings is 1. The molecule has 3 N–H and O–H groups in total. The van der Waals surface area contributed by atoms with Gasteiger partial charge in [0.05, 0.1) is 6.54 Å². The molecule has 4 heteroatoms. The average Bonchev–Trinajstić information content (AvgIpc) is 2.36. The predicted molar refractivity (Wildman–Crippen MR) is 70.9 cm³/mol. The van der Waals surface area contributed by atoms with Gasteiger partial charge in [-0.25, -0.2) is 0 Å². The summed E-state index contributed by atoms with van der Waals surface area (Å²) in [5.74, 6) is 0.0530. The Balaban J connectivity index is 2.68. The largest absolute Gasteiger partial charge is 0.363 e. The van der Waals surface area contributed by atoms with E-state index in [1.54, 1.807) is 0 Å². The number of anilines is 1. The number of carbonyl (C=O) groups excluding carboxylic acids is 1. The molecule has 0 radical (unpaired) electrons. The highest BCUT2D eigenvalue weighted by Crippen LogP contribution is 2.14. The average molecular weight is 235 g/mol. The first kappa shape index (κ1) is 13.5. The van der Waals surface area contributed by atoms with Crippen LogP contribution in [-0.2, 0) is 11.3 Å². The van der Waals surface area contributed by atoms with Crippen molar-refractivity contribution in [3.63, 3.8) is 0 Å². The minimum absolute atomic E-state index is 0.0530.